The summed E-state index contributed by atoms with van der Waals surface area (Å²) < 4.78 is 0. The SMILES string of the molecule is CCC1CCCN(c2cc(CN)c(Cl)cn2)C1. The van der Waals surface area contributed by atoms with Crippen molar-refractivity contribution in [3.05, 3.63) is 22.8 Å². The molecule has 0 bridgehead atoms. The van der Waals surface area contributed by atoms with Gasteiger partial charge in [-0.05, 0) is 30.4 Å². The maximum Gasteiger partial charge on any atom is 0.128 e. The lowest BCUT2D eigenvalue weighted by molar-refractivity contribution is 0.403. The molecule has 94 valence electrons. The Kier molecular flexibility index (Phi) is 4.24. The third-order valence-corrected chi connectivity index (χ3v) is 3.90. The number of halogens is 1. The lowest BCUT2D eigenvalue weighted by Gasteiger charge is -2.33. The molecule has 2 N–H and O–H groups in total. The van der Waals surface area contributed by atoms with Crippen molar-refractivity contribution < 1.29 is 0 Å². The maximum atomic E-state index is 6.03. The minimum Gasteiger partial charge on any atom is -0.356 e. The number of hydrogen-bond acceptors (Lipinski definition) is 3. The number of rotatable bonds is 3. The minimum atomic E-state index is 0.472. The molecule has 0 spiro atoms. The zero-order chi connectivity index (χ0) is 12.3. The summed E-state index contributed by atoms with van der Waals surface area (Å²) in [6.07, 6.45) is 5.55. The van der Waals surface area contributed by atoms with E-state index in [1.807, 2.05) is 6.07 Å². The van der Waals surface area contributed by atoms with Gasteiger partial charge in [-0.3, -0.25) is 0 Å². The summed E-state index contributed by atoms with van der Waals surface area (Å²) in [6.45, 7) is 4.93. The van der Waals surface area contributed by atoms with Crippen LogP contribution >= 0.6 is 11.6 Å². The van der Waals surface area contributed by atoms with Crippen LogP contribution in [0, 0.1) is 5.92 Å². The second-order valence-electron chi connectivity index (χ2n) is 4.70. The van der Waals surface area contributed by atoms with Crippen LogP contribution in [0.25, 0.3) is 0 Å². The fourth-order valence-electron chi connectivity index (χ4n) is 2.40. The van der Waals surface area contributed by atoms with Crippen LogP contribution in [0.1, 0.15) is 31.7 Å². The van der Waals surface area contributed by atoms with Gasteiger partial charge < -0.3 is 10.6 Å². The van der Waals surface area contributed by atoms with Gasteiger partial charge >= 0.3 is 0 Å². The summed E-state index contributed by atoms with van der Waals surface area (Å²) in [5.41, 5.74) is 6.65. The summed E-state index contributed by atoms with van der Waals surface area (Å²) in [5.74, 6) is 1.82. The normalized spacial score (nSPS) is 20.6. The molecule has 0 radical (unpaired) electrons. The van der Waals surface area contributed by atoms with E-state index in [0.29, 0.717) is 11.6 Å². The van der Waals surface area contributed by atoms with Crippen molar-refractivity contribution in [2.24, 2.45) is 11.7 Å². The number of anilines is 1. The lowest BCUT2D eigenvalue weighted by Crippen LogP contribution is -2.35. The molecule has 1 aliphatic heterocycles. The number of nitrogens with zero attached hydrogens (tertiary/aromatic N) is 2. The first kappa shape index (κ1) is 12.7. The van der Waals surface area contributed by atoms with Gasteiger partial charge in [0.25, 0.3) is 0 Å². The van der Waals surface area contributed by atoms with Crippen LogP contribution in [0.15, 0.2) is 12.3 Å². The molecule has 1 aromatic heterocycles. The van der Waals surface area contributed by atoms with Gasteiger partial charge in [0.2, 0.25) is 0 Å². The summed E-state index contributed by atoms with van der Waals surface area (Å²) >= 11 is 6.03. The molecular formula is C13H20ClN3. The standard InChI is InChI=1S/C13H20ClN3/c1-2-10-4-3-5-17(9-10)13-6-11(7-15)12(14)8-16-13/h6,8,10H,2-5,7,9,15H2,1H3. The predicted octanol–water partition coefficient (Wildman–Crippen LogP) is 2.82. The van der Waals surface area contributed by atoms with Crippen molar-refractivity contribution >= 4 is 17.4 Å². The highest BCUT2D eigenvalue weighted by Gasteiger charge is 2.19. The number of piperidine rings is 1. The molecule has 2 heterocycles. The third kappa shape index (κ3) is 2.90. The molecule has 4 heteroatoms. The van der Waals surface area contributed by atoms with Gasteiger partial charge in [-0.2, -0.15) is 0 Å². The van der Waals surface area contributed by atoms with Crippen molar-refractivity contribution in [1.82, 2.24) is 4.98 Å². The minimum absolute atomic E-state index is 0.472. The highest BCUT2D eigenvalue weighted by Crippen LogP contribution is 2.25. The molecule has 0 saturated carbocycles. The average Bonchev–Trinajstić information content (AvgIpc) is 2.39. The number of nitrogens with two attached hydrogens (primary N) is 1. The summed E-state index contributed by atoms with van der Waals surface area (Å²) in [6, 6.07) is 2.03. The van der Waals surface area contributed by atoms with Gasteiger partial charge in [0.1, 0.15) is 5.82 Å². The number of pyridine rings is 1. The average molecular weight is 254 g/mol. The van der Waals surface area contributed by atoms with E-state index in [0.717, 1.165) is 30.4 Å². The molecule has 1 saturated heterocycles. The van der Waals surface area contributed by atoms with Crippen molar-refractivity contribution in [1.29, 1.82) is 0 Å². The number of aromatic nitrogens is 1. The second-order valence-corrected chi connectivity index (χ2v) is 5.11. The summed E-state index contributed by atoms with van der Waals surface area (Å²) in [4.78, 5) is 6.77. The monoisotopic (exact) mass is 253 g/mol. The smallest absolute Gasteiger partial charge is 0.128 e. The first-order valence-corrected chi connectivity index (χ1v) is 6.71. The molecule has 1 unspecified atom stereocenters. The Bertz CT molecular complexity index is 381. The van der Waals surface area contributed by atoms with Crippen LogP contribution in [0.3, 0.4) is 0 Å². The molecule has 3 nitrogen and oxygen atoms in total. The molecule has 0 amide bonds. The Morgan fingerprint density at radius 3 is 3.12 bits per heavy atom. The molecule has 1 fully saturated rings. The van der Waals surface area contributed by atoms with E-state index < -0.39 is 0 Å². The Morgan fingerprint density at radius 2 is 2.41 bits per heavy atom. The molecule has 1 atom stereocenters. The molecule has 1 aromatic rings. The van der Waals surface area contributed by atoms with Gasteiger partial charge in [0, 0.05) is 25.8 Å². The van der Waals surface area contributed by atoms with Crippen molar-refractivity contribution in [3.63, 3.8) is 0 Å². The van der Waals surface area contributed by atoms with Crippen LogP contribution in [0.5, 0.6) is 0 Å². The maximum absolute atomic E-state index is 6.03. The summed E-state index contributed by atoms with van der Waals surface area (Å²) in [7, 11) is 0. The van der Waals surface area contributed by atoms with Crippen molar-refractivity contribution in [2.75, 3.05) is 18.0 Å². The quantitative estimate of drug-likeness (QED) is 0.901. The molecule has 0 aliphatic carbocycles. The van der Waals surface area contributed by atoms with Crippen LogP contribution in [0.2, 0.25) is 5.02 Å². The van der Waals surface area contributed by atoms with Gasteiger partial charge in [0.15, 0.2) is 0 Å². The van der Waals surface area contributed by atoms with E-state index in [4.69, 9.17) is 17.3 Å². The molecule has 2 rings (SSSR count). The van der Waals surface area contributed by atoms with Crippen LogP contribution in [-0.4, -0.2) is 18.1 Å². The molecular weight excluding hydrogens is 234 g/mol. The predicted molar refractivity (Wildman–Crippen MR) is 72.4 cm³/mol. The molecule has 1 aliphatic rings. The molecule has 17 heavy (non-hydrogen) atoms. The van der Waals surface area contributed by atoms with Gasteiger partial charge in [-0.25, -0.2) is 4.98 Å². The van der Waals surface area contributed by atoms with Gasteiger partial charge in [0.05, 0.1) is 5.02 Å². The highest BCUT2D eigenvalue weighted by molar-refractivity contribution is 6.31. The first-order valence-electron chi connectivity index (χ1n) is 6.34. The van der Waals surface area contributed by atoms with E-state index in [9.17, 15) is 0 Å². The zero-order valence-corrected chi connectivity index (χ0v) is 11.1. The number of hydrogen-bond donors (Lipinski definition) is 1. The van der Waals surface area contributed by atoms with E-state index >= 15 is 0 Å². The Morgan fingerprint density at radius 1 is 1.59 bits per heavy atom. The first-order chi connectivity index (χ1) is 8.24. The fraction of sp³-hybridized carbons (Fsp3) is 0.615. The highest BCUT2D eigenvalue weighted by atomic mass is 35.5. The molecule has 0 aromatic carbocycles. The third-order valence-electron chi connectivity index (χ3n) is 3.56. The Hall–Kier alpha value is -0.800. The van der Waals surface area contributed by atoms with Crippen molar-refractivity contribution in [3.8, 4) is 0 Å². The van der Waals surface area contributed by atoms with Gasteiger partial charge in [-0.1, -0.05) is 24.9 Å². The van der Waals surface area contributed by atoms with E-state index in [2.05, 4.69) is 16.8 Å². The Balaban J connectivity index is 2.16. The second kappa shape index (κ2) is 5.69. The van der Waals surface area contributed by atoms with E-state index in [1.165, 1.54) is 19.3 Å². The van der Waals surface area contributed by atoms with Gasteiger partial charge in [-0.15, -0.1) is 0 Å². The lowest BCUT2D eigenvalue weighted by atomic mass is 9.95. The topological polar surface area (TPSA) is 42.1 Å². The summed E-state index contributed by atoms with van der Waals surface area (Å²) in [5, 5.41) is 0.667. The van der Waals surface area contributed by atoms with Crippen LogP contribution < -0.4 is 10.6 Å². The van der Waals surface area contributed by atoms with Crippen LogP contribution in [0.4, 0.5) is 5.82 Å². The van der Waals surface area contributed by atoms with E-state index in [-0.39, 0.29) is 0 Å². The largest absolute Gasteiger partial charge is 0.356 e. The zero-order valence-electron chi connectivity index (χ0n) is 10.3. The van der Waals surface area contributed by atoms with Crippen molar-refractivity contribution in [2.45, 2.75) is 32.7 Å². The van der Waals surface area contributed by atoms with E-state index in [1.54, 1.807) is 6.20 Å². The van der Waals surface area contributed by atoms with Crippen LogP contribution in [-0.2, 0) is 6.54 Å². The Labute approximate surface area is 108 Å². The fourth-order valence-corrected chi connectivity index (χ4v) is 2.58.